The van der Waals surface area contributed by atoms with Crippen LogP contribution in [0, 0.1) is 21.6 Å². The molecule has 4 aromatic rings. The monoisotopic (exact) mass is 1310 g/mol. The van der Waals surface area contributed by atoms with Gasteiger partial charge >= 0.3 is 0 Å². The normalized spacial score (nSPS) is 12.1. The van der Waals surface area contributed by atoms with Crippen LogP contribution in [0.4, 0.5) is 22.7 Å². The Bertz CT molecular complexity index is 3420. The summed E-state index contributed by atoms with van der Waals surface area (Å²) in [6.45, 7) is 2.09. The molecule has 0 saturated heterocycles. The fourth-order valence-electron chi connectivity index (χ4n) is 8.97. The van der Waals surface area contributed by atoms with Crippen molar-refractivity contribution in [2.75, 3.05) is 75.9 Å². The molecule has 28 N–H and O–H groups in total. The lowest BCUT2D eigenvalue weighted by atomic mass is 10.1. The van der Waals surface area contributed by atoms with Gasteiger partial charge in [0.15, 0.2) is 23.8 Å². The summed E-state index contributed by atoms with van der Waals surface area (Å²) in [5.74, 6) is -7.82. The smallest absolute Gasteiger partial charge is 0.255 e. The van der Waals surface area contributed by atoms with Crippen molar-refractivity contribution in [1.29, 1.82) is 21.6 Å². The average molecular weight is 1310 g/mol. The van der Waals surface area contributed by atoms with E-state index in [1.165, 1.54) is 108 Å². The minimum Gasteiger partial charge on any atom is -0.496 e. The minimum absolute atomic E-state index is 0.0165. The number of guanidine groups is 4. The SMILES string of the molecule is COc1ccc(NC(=O)[C@@H](CCCNC(=N)N)NC(=O)c2cc(NC(=O)[C@@H](CCCNC(=N)N)NC(=O)c3cc(NC(=O)[C@H](C)NC(=O)[C@@H](CCCNC(=N)N)NC(=O)c4cc(NC(=O)[C@H](N)CCCNC(=N)N)ccc4OC)ccc3OC)ccc2OC)cc1C(N)=O. The maximum Gasteiger partial charge on any atom is 0.255 e. The molecule has 9 amide bonds. The number of hydrogen-bond acceptors (Lipinski definition) is 18. The Labute approximate surface area is 541 Å². The maximum atomic E-state index is 14.3. The van der Waals surface area contributed by atoms with Gasteiger partial charge in [0, 0.05) is 48.9 Å². The zero-order valence-electron chi connectivity index (χ0n) is 52.6. The van der Waals surface area contributed by atoms with Crippen molar-refractivity contribution in [2.24, 2.45) is 34.4 Å². The lowest BCUT2D eigenvalue weighted by Gasteiger charge is -2.22. The van der Waals surface area contributed by atoms with E-state index in [9.17, 15) is 43.2 Å². The molecule has 4 rings (SSSR count). The van der Waals surface area contributed by atoms with Gasteiger partial charge in [-0.1, -0.05) is 0 Å². The largest absolute Gasteiger partial charge is 0.496 e. The van der Waals surface area contributed by atoms with Crippen molar-refractivity contribution >= 4 is 99.8 Å². The summed E-state index contributed by atoms with van der Waals surface area (Å²) in [7, 11) is 5.23. The number of primary amides is 1. The van der Waals surface area contributed by atoms with E-state index in [1.54, 1.807) is 0 Å². The number of hydrogen-bond donors (Lipinski definition) is 22. The molecule has 0 heterocycles. The van der Waals surface area contributed by atoms with Crippen LogP contribution in [0.25, 0.3) is 0 Å². The summed E-state index contributed by atoms with van der Waals surface area (Å²) in [4.78, 5) is 123. The number of nitrogens with two attached hydrogens (primary N) is 6. The summed E-state index contributed by atoms with van der Waals surface area (Å²) in [5.41, 5.74) is 33.4. The van der Waals surface area contributed by atoms with Crippen molar-refractivity contribution in [3.63, 3.8) is 0 Å². The lowest BCUT2D eigenvalue weighted by Crippen LogP contribution is -2.52. The van der Waals surface area contributed by atoms with Gasteiger partial charge in [-0.3, -0.25) is 64.8 Å². The highest BCUT2D eigenvalue weighted by Crippen LogP contribution is 2.28. The van der Waals surface area contributed by atoms with Crippen molar-refractivity contribution in [3.05, 3.63) is 95.1 Å². The predicted molar refractivity (Wildman–Crippen MR) is 351 cm³/mol. The van der Waals surface area contributed by atoms with Crippen LogP contribution in [0.3, 0.4) is 0 Å². The summed E-state index contributed by atoms with van der Waals surface area (Å²) in [6, 6.07) is 10.5. The fourth-order valence-corrected chi connectivity index (χ4v) is 8.97. The third-order valence-corrected chi connectivity index (χ3v) is 13.8. The van der Waals surface area contributed by atoms with Crippen LogP contribution in [0.5, 0.6) is 23.0 Å². The van der Waals surface area contributed by atoms with Gasteiger partial charge in [0.1, 0.15) is 47.2 Å². The molecule has 0 aliphatic rings. The molecule has 0 fully saturated rings. The first-order valence-electron chi connectivity index (χ1n) is 29.2. The molecule has 0 aromatic heterocycles. The summed E-state index contributed by atoms with van der Waals surface area (Å²) >= 11 is 0. The Kier molecular flexibility index (Phi) is 29.8. The number of methoxy groups -OCH3 is 4. The molecule has 0 spiro atoms. The predicted octanol–water partition coefficient (Wildman–Crippen LogP) is -1.15. The van der Waals surface area contributed by atoms with Crippen LogP contribution in [-0.2, 0) is 24.0 Å². The van der Waals surface area contributed by atoms with Crippen LogP contribution in [0.2, 0.25) is 0 Å². The molecular formula is C59H84N22O13. The number of amides is 9. The van der Waals surface area contributed by atoms with E-state index < -0.39 is 83.4 Å². The molecule has 0 unspecified atom stereocenters. The van der Waals surface area contributed by atoms with Crippen LogP contribution >= 0.6 is 0 Å². The molecule has 508 valence electrons. The van der Waals surface area contributed by atoms with Gasteiger partial charge in [-0.05, 0) is 131 Å². The summed E-state index contributed by atoms with van der Waals surface area (Å²) in [5, 5.41) is 61.8. The Morgan fingerprint density at radius 3 is 0.968 bits per heavy atom. The van der Waals surface area contributed by atoms with Crippen molar-refractivity contribution < 1.29 is 62.1 Å². The van der Waals surface area contributed by atoms with Gasteiger partial charge in [0.25, 0.3) is 23.6 Å². The quantitative estimate of drug-likeness (QED) is 0.0144. The number of carbonyl (C=O) groups is 9. The fraction of sp³-hybridized carbons (Fsp3) is 0.373. The van der Waals surface area contributed by atoms with Crippen molar-refractivity contribution in [2.45, 2.75) is 88.5 Å². The molecule has 0 saturated carbocycles. The van der Waals surface area contributed by atoms with E-state index in [0.29, 0.717) is 13.0 Å². The van der Waals surface area contributed by atoms with Crippen molar-refractivity contribution in [3.8, 4) is 23.0 Å². The second kappa shape index (κ2) is 37.5. The van der Waals surface area contributed by atoms with E-state index in [-0.39, 0.29) is 156 Å². The second-order valence-corrected chi connectivity index (χ2v) is 20.8. The highest BCUT2D eigenvalue weighted by molar-refractivity contribution is 6.07. The molecule has 4 aromatic carbocycles. The van der Waals surface area contributed by atoms with E-state index in [0.717, 1.165) is 0 Å². The molecular weight excluding hydrogens is 1220 g/mol. The maximum absolute atomic E-state index is 14.3. The first-order valence-corrected chi connectivity index (χ1v) is 29.2. The van der Waals surface area contributed by atoms with Gasteiger partial charge in [0.05, 0.1) is 56.7 Å². The number of nitrogens with one attached hydrogen (secondary N) is 16. The third-order valence-electron chi connectivity index (χ3n) is 13.8. The third kappa shape index (κ3) is 24.3. The molecule has 0 aliphatic heterocycles. The van der Waals surface area contributed by atoms with Crippen molar-refractivity contribution in [1.82, 2.24) is 42.5 Å². The molecule has 0 aliphatic carbocycles. The molecule has 0 radical (unpaired) electrons. The summed E-state index contributed by atoms with van der Waals surface area (Å²) in [6.07, 6.45) is 1.23. The zero-order chi connectivity index (χ0) is 69.6. The lowest BCUT2D eigenvalue weighted by molar-refractivity contribution is -0.127. The van der Waals surface area contributed by atoms with Crippen LogP contribution in [0.15, 0.2) is 72.8 Å². The first kappa shape index (κ1) is 74.8. The molecule has 35 heteroatoms. The van der Waals surface area contributed by atoms with E-state index >= 15 is 0 Å². The topological polar surface area (TPSA) is 586 Å². The minimum atomic E-state index is -1.33. The molecule has 94 heavy (non-hydrogen) atoms. The molecule has 0 bridgehead atoms. The van der Waals surface area contributed by atoms with Crippen LogP contribution < -0.4 is 117 Å². The van der Waals surface area contributed by atoms with Gasteiger partial charge < -0.3 is 117 Å². The van der Waals surface area contributed by atoms with E-state index in [2.05, 4.69) is 63.8 Å². The van der Waals surface area contributed by atoms with Gasteiger partial charge in [-0.25, -0.2) is 0 Å². The van der Waals surface area contributed by atoms with Crippen LogP contribution in [-0.4, -0.2) is 162 Å². The highest BCUT2D eigenvalue weighted by atomic mass is 16.5. The van der Waals surface area contributed by atoms with Gasteiger partial charge in [-0.2, -0.15) is 0 Å². The molecule has 35 nitrogen and oxygen atoms in total. The van der Waals surface area contributed by atoms with E-state index in [4.69, 9.17) is 75.0 Å². The number of benzene rings is 4. The Balaban J connectivity index is 1.54. The van der Waals surface area contributed by atoms with E-state index in [1.807, 2.05) is 0 Å². The number of carbonyl (C=O) groups excluding carboxylic acids is 9. The second-order valence-electron chi connectivity index (χ2n) is 20.8. The standard InChI is InChI=1S/C59H84N22O13/c1-30(74-53(88)40(11-7-23-71-57(64)65)79-49(84)37-28-33(16-20-45(37)93-4)76-52(87)39(60)10-6-22-70-56(62)63)48(83)75-32-15-19-44(92-3)36(27-32)50(85)81-42(13-9-25-73-59(68)69)55(90)78-34-17-21-46(94-5)38(29-34)51(86)80-41(12-8-24-72-58(66)67)54(89)77-31-14-18-43(91-2)35(26-31)47(61)82/h14-21,26-30,39-42H,6-13,22-25,60H2,1-5H3,(H2,61,82)(H,74,88)(H,75,83)(H,76,87)(H,77,89)(H,78,90)(H,79,84)(H,80,86)(H,81,85)(H4,62,63,70)(H4,64,65,71)(H4,66,67,72)(H4,68,69,73)/t30-,39+,40+,41+,42+/m0/s1. The number of anilines is 4. The Morgan fingerprint density at radius 1 is 0.383 bits per heavy atom. The highest BCUT2D eigenvalue weighted by Gasteiger charge is 2.30. The zero-order valence-corrected chi connectivity index (χ0v) is 52.6. The number of rotatable bonds is 37. The Hall–Kier alpha value is -11.7. The van der Waals surface area contributed by atoms with Crippen LogP contribution in [0.1, 0.15) is 99.7 Å². The number of ether oxygens (including phenoxy) is 4. The van der Waals surface area contributed by atoms with Gasteiger partial charge in [0.2, 0.25) is 29.5 Å². The van der Waals surface area contributed by atoms with Gasteiger partial charge in [-0.15, -0.1) is 0 Å². The Morgan fingerprint density at radius 2 is 0.660 bits per heavy atom. The average Bonchev–Trinajstić information content (AvgIpc) is 0.848. The molecule has 5 atom stereocenters. The first-order chi connectivity index (χ1) is 44.7. The summed E-state index contributed by atoms with van der Waals surface area (Å²) < 4.78 is 21.6.